The van der Waals surface area contributed by atoms with Crippen LogP contribution in [0.4, 0.5) is 5.69 Å². The Morgan fingerprint density at radius 3 is 2.51 bits per heavy atom. The third-order valence-electron chi connectivity index (χ3n) is 7.49. The molecule has 0 radical (unpaired) electrons. The number of aryl methyl sites for hydroxylation is 3. The number of methoxy groups -OCH3 is 1. The van der Waals surface area contributed by atoms with Crippen molar-refractivity contribution in [3.63, 3.8) is 0 Å². The van der Waals surface area contributed by atoms with Gasteiger partial charge in [0, 0.05) is 51.7 Å². The normalized spacial score (nSPS) is 13.6. The number of carbonyl (C=O) groups is 1. The maximum Gasteiger partial charge on any atom is 0.257 e. The first-order valence-corrected chi connectivity index (χ1v) is 13.6. The maximum absolute atomic E-state index is 13.2. The van der Waals surface area contributed by atoms with Gasteiger partial charge in [0.25, 0.3) is 5.91 Å². The molecule has 1 aliphatic heterocycles. The molecule has 1 aliphatic rings. The number of piperazine rings is 1. The number of benzene rings is 2. The van der Waals surface area contributed by atoms with Gasteiger partial charge in [0.05, 0.1) is 30.6 Å². The number of aromatic nitrogens is 3. The fourth-order valence-electron chi connectivity index (χ4n) is 5.17. The summed E-state index contributed by atoms with van der Waals surface area (Å²) in [5, 5.41) is 0. The number of hydrogen-bond acceptors (Lipinski definition) is 6. The van der Waals surface area contributed by atoms with Gasteiger partial charge in [-0.1, -0.05) is 24.3 Å². The van der Waals surface area contributed by atoms with Crippen molar-refractivity contribution in [2.45, 2.75) is 33.9 Å². The van der Waals surface area contributed by atoms with E-state index >= 15 is 0 Å². The highest BCUT2D eigenvalue weighted by atomic mass is 16.5. The zero-order valence-corrected chi connectivity index (χ0v) is 23.9. The number of pyridine rings is 1. The lowest BCUT2D eigenvalue weighted by molar-refractivity contribution is 0.0622. The minimum atomic E-state index is 0.00782. The molecule has 3 heterocycles. The summed E-state index contributed by atoms with van der Waals surface area (Å²) in [6.45, 7) is 17.6. The second-order valence-corrected chi connectivity index (χ2v) is 10.2. The number of nitrogens with zero attached hydrogens (tertiary/aromatic N) is 6. The summed E-state index contributed by atoms with van der Waals surface area (Å²) in [5.41, 5.74) is 4.90. The molecule has 0 bridgehead atoms. The van der Waals surface area contributed by atoms with E-state index in [0.29, 0.717) is 48.1 Å². The van der Waals surface area contributed by atoms with Crippen molar-refractivity contribution in [1.29, 1.82) is 0 Å². The van der Waals surface area contributed by atoms with Crippen LogP contribution in [0.1, 0.15) is 38.7 Å². The lowest BCUT2D eigenvalue weighted by Crippen LogP contribution is -2.48. The number of amides is 1. The van der Waals surface area contributed by atoms with Crippen LogP contribution in [0.25, 0.3) is 4.85 Å². The van der Waals surface area contributed by atoms with Crippen molar-refractivity contribution >= 4 is 11.6 Å². The van der Waals surface area contributed by atoms with Crippen LogP contribution in [-0.4, -0.2) is 63.5 Å². The average Bonchev–Trinajstić information content (AvgIpc) is 3.32. The number of carbonyl (C=O) groups excluding carboxylic acids is 1. The van der Waals surface area contributed by atoms with Crippen molar-refractivity contribution in [3.8, 4) is 17.2 Å². The highest BCUT2D eigenvalue weighted by Gasteiger charge is 2.25. The van der Waals surface area contributed by atoms with E-state index in [1.807, 2.05) is 74.3 Å². The molecule has 4 aromatic rings. The summed E-state index contributed by atoms with van der Waals surface area (Å²) >= 11 is 0. The molecule has 2 aromatic heterocycles. The number of rotatable bonds is 8. The Balaban J connectivity index is 1.26. The molecule has 0 atom stereocenters. The fourth-order valence-corrected chi connectivity index (χ4v) is 5.17. The molecular formula is C32H34N6O3. The van der Waals surface area contributed by atoms with Crippen LogP contribution in [0.5, 0.6) is 17.2 Å². The van der Waals surface area contributed by atoms with Gasteiger partial charge in [0.15, 0.2) is 0 Å². The zero-order valence-electron chi connectivity index (χ0n) is 23.9. The minimum Gasteiger partial charge on any atom is -0.496 e. The molecule has 0 aliphatic carbocycles. The summed E-state index contributed by atoms with van der Waals surface area (Å²) in [6, 6.07) is 15.0. The second kappa shape index (κ2) is 12.2. The van der Waals surface area contributed by atoms with Gasteiger partial charge in [0.2, 0.25) is 5.69 Å². The predicted molar refractivity (Wildman–Crippen MR) is 157 cm³/mol. The van der Waals surface area contributed by atoms with Crippen molar-refractivity contribution in [1.82, 2.24) is 24.3 Å². The molecule has 1 amide bonds. The van der Waals surface area contributed by atoms with E-state index < -0.39 is 0 Å². The molecular weight excluding hydrogens is 516 g/mol. The van der Waals surface area contributed by atoms with Gasteiger partial charge in [-0.3, -0.25) is 14.7 Å². The molecule has 9 nitrogen and oxygen atoms in total. The average molecular weight is 551 g/mol. The van der Waals surface area contributed by atoms with Gasteiger partial charge in [0.1, 0.15) is 23.1 Å². The molecule has 0 N–H and O–H groups in total. The summed E-state index contributed by atoms with van der Waals surface area (Å²) in [4.78, 5) is 30.0. The Morgan fingerprint density at radius 1 is 0.976 bits per heavy atom. The first-order valence-electron chi connectivity index (χ1n) is 13.6. The monoisotopic (exact) mass is 550 g/mol. The molecule has 210 valence electrons. The first-order chi connectivity index (χ1) is 19.9. The van der Waals surface area contributed by atoms with Gasteiger partial charge in [-0.2, -0.15) is 0 Å². The summed E-state index contributed by atoms with van der Waals surface area (Å²) < 4.78 is 13.8. The number of imidazole rings is 1. The van der Waals surface area contributed by atoms with E-state index in [9.17, 15) is 4.79 Å². The van der Waals surface area contributed by atoms with Crippen molar-refractivity contribution < 1.29 is 14.3 Å². The molecule has 1 saturated heterocycles. The van der Waals surface area contributed by atoms with Gasteiger partial charge in [-0.25, -0.2) is 9.83 Å². The maximum atomic E-state index is 13.2. The lowest BCUT2D eigenvalue weighted by Gasteiger charge is -2.35. The van der Waals surface area contributed by atoms with E-state index in [1.54, 1.807) is 19.4 Å². The smallest absolute Gasteiger partial charge is 0.257 e. The van der Waals surface area contributed by atoms with Gasteiger partial charge in [-0.15, -0.1) is 0 Å². The third-order valence-corrected chi connectivity index (χ3v) is 7.49. The van der Waals surface area contributed by atoms with Crippen LogP contribution >= 0.6 is 0 Å². The largest absolute Gasteiger partial charge is 0.496 e. The molecule has 0 saturated carbocycles. The Hall–Kier alpha value is -4.68. The summed E-state index contributed by atoms with van der Waals surface area (Å²) in [6.07, 6.45) is 3.64. The van der Waals surface area contributed by atoms with Gasteiger partial charge >= 0.3 is 0 Å². The standard InChI is InChI=1S/C32H34N6O3/c1-22-8-6-9-27(31(22)40-5)32(39)37-16-14-36(15-17-37)21-26-19-35-24(3)38(26)20-25-11-12-28(33-4)30(18-25)41-29-10-7-13-34-23(29)2/h6-13,18-19H,14-17,20-21H2,1-3,5H3. The highest BCUT2D eigenvalue weighted by molar-refractivity contribution is 5.97. The Labute approximate surface area is 240 Å². The van der Waals surface area contributed by atoms with Crippen molar-refractivity contribution in [3.05, 3.63) is 106 Å². The quantitative estimate of drug-likeness (QED) is 0.267. The summed E-state index contributed by atoms with van der Waals surface area (Å²) in [5.74, 6) is 2.72. The van der Waals surface area contributed by atoms with Crippen molar-refractivity contribution in [2.24, 2.45) is 0 Å². The number of hydrogen-bond donors (Lipinski definition) is 0. The van der Waals surface area contributed by atoms with Crippen LogP contribution in [0.3, 0.4) is 0 Å². The molecule has 2 aromatic carbocycles. The van der Waals surface area contributed by atoms with Gasteiger partial charge in [-0.05, 0) is 56.2 Å². The minimum absolute atomic E-state index is 0.00782. The van der Waals surface area contributed by atoms with Crippen LogP contribution < -0.4 is 9.47 Å². The molecule has 1 fully saturated rings. The zero-order chi connectivity index (χ0) is 28.9. The van der Waals surface area contributed by atoms with Crippen LogP contribution in [-0.2, 0) is 13.1 Å². The second-order valence-electron chi connectivity index (χ2n) is 10.2. The number of para-hydroxylation sites is 1. The molecule has 0 unspecified atom stereocenters. The number of ether oxygens (including phenoxy) is 2. The van der Waals surface area contributed by atoms with Crippen LogP contribution in [0.2, 0.25) is 0 Å². The van der Waals surface area contributed by atoms with E-state index in [1.165, 1.54) is 0 Å². The van der Waals surface area contributed by atoms with E-state index in [-0.39, 0.29) is 5.91 Å². The Morgan fingerprint density at radius 2 is 1.78 bits per heavy atom. The Bertz CT molecular complexity index is 1600. The molecule has 5 rings (SSSR count). The van der Waals surface area contributed by atoms with Crippen LogP contribution in [0, 0.1) is 27.3 Å². The Kier molecular flexibility index (Phi) is 8.31. The SMILES string of the molecule is [C-]#[N+]c1ccc(Cn2c(CN3CCN(C(=O)c4cccc(C)c4OC)CC3)cnc2C)cc1Oc1cccnc1C. The highest BCUT2D eigenvalue weighted by Crippen LogP contribution is 2.34. The molecule has 9 heteroatoms. The predicted octanol–water partition coefficient (Wildman–Crippen LogP) is 5.56. The first kappa shape index (κ1) is 27.9. The van der Waals surface area contributed by atoms with Gasteiger partial charge < -0.3 is 18.9 Å². The lowest BCUT2D eigenvalue weighted by atomic mass is 10.1. The molecule has 41 heavy (non-hydrogen) atoms. The fraction of sp³-hybridized carbons (Fsp3) is 0.312. The van der Waals surface area contributed by atoms with Crippen LogP contribution in [0.15, 0.2) is 60.9 Å². The molecule has 0 spiro atoms. The van der Waals surface area contributed by atoms with E-state index in [0.717, 1.165) is 48.0 Å². The third kappa shape index (κ3) is 6.08. The topological polar surface area (TPSA) is 77.1 Å². The van der Waals surface area contributed by atoms with Crippen molar-refractivity contribution in [2.75, 3.05) is 33.3 Å². The summed E-state index contributed by atoms with van der Waals surface area (Å²) in [7, 11) is 1.61. The van der Waals surface area contributed by atoms with E-state index in [4.69, 9.17) is 16.0 Å². The van der Waals surface area contributed by atoms with E-state index in [2.05, 4.69) is 24.3 Å².